The first-order valence-corrected chi connectivity index (χ1v) is 10.2. The highest BCUT2D eigenvalue weighted by Crippen LogP contribution is 2.34. The van der Waals surface area contributed by atoms with Gasteiger partial charge >= 0.3 is 6.18 Å². The molecule has 6 nitrogen and oxygen atoms in total. The quantitative estimate of drug-likeness (QED) is 0.315. The summed E-state index contributed by atoms with van der Waals surface area (Å²) >= 11 is 8.43. The van der Waals surface area contributed by atoms with Crippen LogP contribution in [0.5, 0.6) is 5.75 Å². The normalized spacial score (nSPS) is 12.5. The van der Waals surface area contributed by atoms with Gasteiger partial charge in [0, 0.05) is 9.64 Å². The van der Waals surface area contributed by atoms with Crippen LogP contribution in [-0.4, -0.2) is 34.7 Å². The van der Waals surface area contributed by atoms with Gasteiger partial charge in [-0.25, -0.2) is 14.4 Å². The number of alkyl halides is 3. The Morgan fingerprint density at radius 2 is 2.00 bits per heavy atom. The molecule has 0 spiro atoms. The van der Waals surface area contributed by atoms with E-state index in [1.165, 1.54) is 19.3 Å². The molecule has 0 radical (unpaired) electrons. The van der Waals surface area contributed by atoms with Gasteiger partial charge in [-0.15, -0.1) is 0 Å². The molecule has 3 rings (SSSR count). The fourth-order valence-corrected chi connectivity index (χ4v) is 3.70. The molecule has 31 heavy (non-hydrogen) atoms. The summed E-state index contributed by atoms with van der Waals surface area (Å²) < 4.78 is 57.0. The maximum Gasteiger partial charge on any atom is 0.405 e. The SMILES string of the molecule is C[C@@H](Oc1cc(F)ccc1Nc1ncnc2cc(I)cc(Cl)c12)C(=O)NCC(F)(F)F. The zero-order valence-electron chi connectivity index (χ0n) is 15.7. The molecule has 164 valence electrons. The van der Waals surface area contributed by atoms with Gasteiger partial charge in [0.25, 0.3) is 5.91 Å². The molecule has 12 heteroatoms. The number of nitrogens with zero attached hydrogens (tertiary/aromatic N) is 2. The minimum Gasteiger partial charge on any atom is -0.479 e. The van der Waals surface area contributed by atoms with Gasteiger partial charge in [-0.3, -0.25) is 4.79 Å². The summed E-state index contributed by atoms with van der Waals surface area (Å²) in [5.74, 6) is -1.46. The Bertz CT molecular complexity index is 1130. The molecule has 0 bridgehead atoms. The first-order chi connectivity index (χ1) is 14.5. The number of carbonyl (C=O) groups excluding carboxylic acids is 1. The van der Waals surface area contributed by atoms with Gasteiger partial charge in [0.2, 0.25) is 0 Å². The van der Waals surface area contributed by atoms with Crippen molar-refractivity contribution < 1.29 is 27.1 Å². The van der Waals surface area contributed by atoms with Crippen LogP contribution in [0.3, 0.4) is 0 Å². The lowest BCUT2D eigenvalue weighted by Gasteiger charge is -2.19. The fraction of sp³-hybridized carbons (Fsp3) is 0.211. The standard InChI is InChI=1S/C19H14ClF4IN4O2/c1-9(18(30)26-7-19(22,23)24)31-15-4-10(21)2-3-13(15)29-17-16-12(20)5-11(25)6-14(16)27-8-28-17/h2-6,8-9H,7H2,1H3,(H,26,30)(H,27,28,29)/t9-/m1/s1. The summed E-state index contributed by atoms with van der Waals surface area (Å²) in [5, 5.41) is 5.58. The summed E-state index contributed by atoms with van der Waals surface area (Å²) in [6.07, 6.45) is -4.57. The van der Waals surface area contributed by atoms with Gasteiger partial charge in [-0.1, -0.05) is 11.6 Å². The van der Waals surface area contributed by atoms with E-state index in [4.69, 9.17) is 16.3 Å². The third-order valence-electron chi connectivity index (χ3n) is 3.99. The summed E-state index contributed by atoms with van der Waals surface area (Å²) in [4.78, 5) is 20.3. The molecule has 2 N–H and O–H groups in total. The zero-order chi connectivity index (χ0) is 22.8. The van der Waals surface area contributed by atoms with Gasteiger partial charge in [0.05, 0.1) is 21.6 Å². The third kappa shape index (κ3) is 6.06. The number of benzene rings is 2. The summed E-state index contributed by atoms with van der Waals surface area (Å²) in [7, 11) is 0. The number of halogens is 6. The number of ether oxygens (including phenoxy) is 1. The summed E-state index contributed by atoms with van der Waals surface area (Å²) in [5.41, 5.74) is 0.797. The molecule has 1 heterocycles. The van der Waals surface area contributed by atoms with Crippen LogP contribution in [0.1, 0.15) is 6.92 Å². The first-order valence-electron chi connectivity index (χ1n) is 8.71. The van der Waals surface area contributed by atoms with Crippen LogP contribution in [0, 0.1) is 9.39 Å². The molecule has 1 aromatic heterocycles. The van der Waals surface area contributed by atoms with Gasteiger partial charge < -0.3 is 15.4 Å². The predicted molar refractivity (Wildman–Crippen MR) is 116 cm³/mol. The van der Waals surface area contributed by atoms with Crippen LogP contribution in [-0.2, 0) is 4.79 Å². The molecular weight excluding hydrogens is 555 g/mol. The highest BCUT2D eigenvalue weighted by molar-refractivity contribution is 14.1. The van der Waals surface area contributed by atoms with Crippen LogP contribution in [0.4, 0.5) is 29.1 Å². The average Bonchev–Trinajstić information content (AvgIpc) is 2.67. The minimum absolute atomic E-state index is 0.0944. The fourth-order valence-electron chi connectivity index (χ4n) is 2.60. The predicted octanol–water partition coefficient (Wildman–Crippen LogP) is 5.22. The van der Waals surface area contributed by atoms with E-state index >= 15 is 0 Å². The first kappa shape index (κ1) is 23.3. The van der Waals surface area contributed by atoms with Crippen molar-refractivity contribution >= 4 is 62.5 Å². The van der Waals surface area contributed by atoms with E-state index < -0.39 is 30.5 Å². The largest absolute Gasteiger partial charge is 0.479 e. The van der Waals surface area contributed by atoms with Gasteiger partial charge in [-0.05, 0) is 53.8 Å². The second-order valence-electron chi connectivity index (χ2n) is 6.36. The van der Waals surface area contributed by atoms with Crippen LogP contribution >= 0.6 is 34.2 Å². The molecule has 0 saturated heterocycles. The third-order valence-corrected chi connectivity index (χ3v) is 4.91. The van der Waals surface area contributed by atoms with E-state index in [9.17, 15) is 22.4 Å². The molecule has 0 aliphatic carbocycles. The van der Waals surface area contributed by atoms with Crippen LogP contribution in [0.25, 0.3) is 10.9 Å². The van der Waals surface area contributed by atoms with Gasteiger partial charge in [-0.2, -0.15) is 13.2 Å². The summed E-state index contributed by atoms with van der Waals surface area (Å²) in [6.45, 7) is -0.253. The molecule has 3 aromatic rings. The van der Waals surface area contributed by atoms with Crippen molar-refractivity contribution in [1.82, 2.24) is 15.3 Å². The number of hydrogen-bond acceptors (Lipinski definition) is 5. The Morgan fingerprint density at radius 3 is 2.71 bits per heavy atom. The Labute approximate surface area is 192 Å². The summed E-state index contributed by atoms with van der Waals surface area (Å²) in [6, 6.07) is 7.01. The van der Waals surface area contributed by atoms with E-state index in [2.05, 4.69) is 37.9 Å². The molecule has 1 amide bonds. The molecule has 2 aromatic carbocycles. The number of fused-ring (bicyclic) bond motifs is 1. The van der Waals surface area contributed by atoms with E-state index in [0.717, 1.165) is 15.7 Å². The number of carbonyl (C=O) groups is 1. The van der Waals surface area contributed by atoms with Crippen molar-refractivity contribution in [2.24, 2.45) is 0 Å². The highest BCUT2D eigenvalue weighted by Gasteiger charge is 2.29. The number of nitrogens with one attached hydrogen (secondary N) is 2. The average molecular weight is 569 g/mol. The lowest BCUT2D eigenvalue weighted by molar-refractivity contribution is -0.142. The van der Waals surface area contributed by atoms with Crippen molar-refractivity contribution in [3.8, 4) is 5.75 Å². The Kier molecular flexibility index (Phi) is 7.04. The molecule has 0 saturated carbocycles. The zero-order valence-corrected chi connectivity index (χ0v) is 18.6. The second-order valence-corrected chi connectivity index (χ2v) is 8.02. The molecule has 1 atom stereocenters. The van der Waals surface area contributed by atoms with Crippen LogP contribution in [0.15, 0.2) is 36.7 Å². The van der Waals surface area contributed by atoms with E-state index in [-0.39, 0.29) is 11.4 Å². The lowest BCUT2D eigenvalue weighted by atomic mass is 10.2. The van der Waals surface area contributed by atoms with Crippen LogP contribution < -0.4 is 15.4 Å². The van der Waals surface area contributed by atoms with Crippen molar-refractivity contribution in [1.29, 1.82) is 0 Å². The van der Waals surface area contributed by atoms with Crippen molar-refractivity contribution in [2.45, 2.75) is 19.2 Å². The maximum atomic E-state index is 13.8. The maximum absolute atomic E-state index is 13.8. The molecule has 0 aliphatic rings. The van der Waals surface area contributed by atoms with Gasteiger partial charge in [0.15, 0.2) is 6.10 Å². The van der Waals surface area contributed by atoms with E-state index in [1.807, 2.05) is 0 Å². The Hall–Kier alpha value is -2.41. The molecule has 0 unspecified atom stereocenters. The van der Waals surface area contributed by atoms with Crippen molar-refractivity contribution in [2.75, 3.05) is 11.9 Å². The monoisotopic (exact) mass is 568 g/mol. The van der Waals surface area contributed by atoms with Gasteiger partial charge in [0.1, 0.15) is 30.3 Å². The molecular formula is C19H14ClF4IN4O2. The smallest absolute Gasteiger partial charge is 0.405 e. The number of hydrogen-bond donors (Lipinski definition) is 2. The highest BCUT2D eigenvalue weighted by atomic mass is 127. The number of amides is 1. The molecule has 0 fully saturated rings. The van der Waals surface area contributed by atoms with Crippen molar-refractivity contribution in [3.63, 3.8) is 0 Å². The topological polar surface area (TPSA) is 76.1 Å². The Balaban J connectivity index is 1.88. The number of aromatic nitrogens is 2. The second kappa shape index (κ2) is 9.39. The number of anilines is 2. The molecule has 0 aliphatic heterocycles. The van der Waals surface area contributed by atoms with Crippen molar-refractivity contribution in [3.05, 3.63) is 51.1 Å². The van der Waals surface area contributed by atoms with E-state index in [0.29, 0.717) is 21.7 Å². The van der Waals surface area contributed by atoms with Crippen LogP contribution in [0.2, 0.25) is 5.02 Å². The lowest BCUT2D eigenvalue weighted by Crippen LogP contribution is -2.41. The number of rotatable bonds is 6. The van der Waals surface area contributed by atoms with E-state index in [1.54, 1.807) is 17.4 Å². The Morgan fingerprint density at radius 1 is 1.26 bits per heavy atom. The minimum atomic E-state index is -4.56.